The van der Waals surface area contributed by atoms with Gasteiger partial charge in [0, 0.05) is 18.7 Å². The molecule has 0 fully saturated rings. The summed E-state index contributed by atoms with van der Waals surface area (Å²) >= 11 is 0. The minimum atomic E-state index is -2.67. The van der Waals surface area contributed by atoms with E-state index in [4.69, 9.17) is 0 Å². The minimum absolute atomic E-state index is 0.0404. The number of rotatable bonds is 5. The maximum Gasteiger partial charge on any atom is 0.293 e. The second-order valence-electron chi connectivity index (χ2n) is 3.34. The summed E-state index contributed by atoms with van der Waals surface area (Å²) in [7, 11) is 1.50. The fourth-order valence-corrected chi connectivity index (χ4v) is 1.31. The zero-order valence-electron chi connectivity index (χ0n) is 9.44. The highest BCUT2D eigenvalue weighted by molar-refractivity contribution is 5.95. The van der Waals surface area contributed by atoms with Crippen LogP contribution in [0, 0.1) is 10.1 Å². The van der Waals surface area contributed by atoms with Crippen molar-refractivity contribution in [2.75, 3.05) is 18.9 Å². The van der Waals surface area contributed by atoms with Gasteiger partial charge in [-0.15, -0.1) is 0 Å². The monoisotopic (exact) mass is 259 g/mol. The number of carbonyl (C=O) groups excluding carboxylic acids is 1. The van der Waals surface area contributed by atoms with Gasteiger partial charge in [0.25, 0.3) is 18.0 Å². The molecule has 6 nitrogen and oxygen atoms in total. The molecule has 0 aliphatic rings. The van der Waals surface area contributed by atoms with Gasteiger partial charge in [-0.1, -0.05) is 0 Å². The molecule has 0 aliphatic carbocycles. The summed E-state index contributed by atoms with van der Waals surface area (Å²) in [6.07, 6.45) is -2.67. The van der Waals surface area contributed by atoms with Crippen LogP contribution in [0.25, 0.3) is 0 Å². The lowest BCUT2D eigenvalue weighted by molar-refractivity contribution is -0.384. The minimum Gasteiger partial charge on any atom is -0.383 e. The van der Waals surface area contributed by atoms with Crippen molar-refractivity contribution in [3.8, 4) is 0 Å². The van der Waals surface area contributed by atoms with Gasteiger partial charge in [0.05, 0.1) is 11.5 Å². The first-order valence-electron chi connectivity index (χ1n) is 4.98. The molecule has 1 amide bonds. The first kappa shape index (κ1) is 13.8. The molecule has 0 heterocycles. The molecule has 0 atom stereocenters. The van der Waals surface area contributed by atoms with Gasteiger partial charge in [0.1, 0.15) is 5.69 Å². The third kappa shape index (κ3) is 3.37. The van der Waals surface area contributed by atoms with Crippen molar-refractivity contribution in [3.05, 3.63) is 33.9 Å². The Hall–Kier alpha value is -2.25. The van der Waals surface area contributed by atoms with Crippen LogP contribution in [-0.4, -0.2) is 30.8 Å². The number of anilines is 1. The number of carbonyl (C=O) groups is 1. The Morgan fingerprint density at radius 2 is 2.17 bits per heavy atom. The van der Waals surface area contributed by atoms with E-state index < -0.39 is 23.8 Å². The van der Waals surface area contributed by atoms with E-state index in [9.17, 15) is 23.7 Å². The lowest BCUT2D eigenvalue weighted by atomic mass is 10.1. The molecule has 1 aromatic rings. The highest BCUT2D eigenvalue weighted by atomic mass is 19.3. The maximum absolute atomic E-state index is 11.9. The van der Waals surface area contributed by atoms with Crippen LogP contribution in [-0.2, 0) is 0 Å². The fraction of sp³-hybridized carbons (Fsp3) is 0.300. The lowest BCUT2D eigenvalue weighted by Crippen LogP contribution is -2.28. The quantitative estimate of drug-likeness (QED) is 0.621. The first-order valence-corrected chi connectivity index (χ1v) is 4.98. The summed E-state index contributed by atoms with van der Waals surface area (Å²) in [4.78, 5) is 21.5. The highest BCUT2D eigenvalue weighted by Gasteiger charge is 2.17. The van der Waals surface area contributed by atoms with Crippen molar-refractivity contribution in [2.24, 2.45) is 0 Å². The van der Waals surface area contributed by atoms with E-state index in [0.717, 1.165) is 6.07 Å². The molecule has 18 heavy (non-hydrogen) atoms. The Morgan fingerprint density at radius 1 is 1.50 bits per heavy atom. The van der Waals surface area contributed by atoms with E-state index in [0.29, 0.717) is 0 Å². The molecule has 0 aromatic heterocycles. The predicted molar refractivity (Wildman–Crippen MR) is 61.0 cm³/mol. The second-order valence-corrected chi connectivity index (χ2v) is 3.34. The summed E-state index contributed by atoms with van der Waals surface area (Å²) in [5, 5.41) is 15.3. The third-order valence-corrected chi connectivity index (χ3v) is 2.14. The van der Waals surface area contributed by atoms with Crippen molar-refractivity contribution >= 4 is 17.3 Å². The first-order chi connectivity index (χ1) is 8.45. The number of nitrogens with one attached hydrogen (secondary N) is 2. The number of nitro benzene ring substituents is 1. The summed E-state index contributed by atoms with van der Waals surface area (Å²) in [5.41, 5.74) is -0.0889. The van der Waals surface area contributed by atoms with E-state index >= 15 is 0 Å². The van der Waals surface area contributed by atoms with Crippen LogP contribution in [0.3, 0.4) is 0 Å². The van der Waals surface area contributed by atoms with Gasteiger partial charge in [-0.2, -0.15) is 0 Å². The molecule has 1 aromatic carbocycles. The standard InChI is InChI=1S/C10H11F2N3O3/c1-13-7-3-2-6(4-8(7)15(17)18)10(16)14-5-9(11)12/h2-4,9,13H,5H2,1H3,(H,14,16). The summed E-state index contributed by atoms with van der Waals surface area (Å²) in [6, 6.07) is 3.70. The van der Waals surface area contributed by atoms with Crippen LogP contribution < -0.4 is 10.6 Å². The van der Waals surface area contributed by atoms with Gasteiger partial charge in [-0.25, -0.2) is 8.78 Å². The number of nitrogens with zero attached hydrogens (tertiary/aromatic N) is 1. The van der Waals surface area contributed by atoms with Crippen LogP contribution in [0.4, 0.5) is 20.2 Å². The van der Waals surface area contributed by atoms with E-state index in [1.165, 1.54) is 19.2 Å². The fourth-order valence-electron chi connectivity index (χ4n) is 1.31. The van der Waals surface area contributed by atoms with Crippen LogP contribution >= 0.6 is 0 Å². The Labute approximate surface area is 101 Å². The zero-order chi connectivity index (χ0) is 13.7. The van der Waals surface area contributed by atoms with Gasteiger partial charge < -0.3 is 10.6 Å². The molecule has 0 unspecified atom stereocenters. The SMILES string of the molecule is CNc1ccc(C(=O)NCC(F)F)cc1[N+](=O)[O-]. The molecule has 0 saturated carbocycles. The number of nitro groups is 1. The summed E-state index contributed by atoms with van der Waals surface area (Å²) in [6.45, 7) is -0.791. The maximum atomic E-state index is 11.9. The molecule has 0 bridgehead atoms. The number of benzene rings is 1. The Balaban J connectivity index is 2.94. The smallest absolute Gasteiger partial charge is 0.293 e. The molecular weight excluding hydrogens is 248 g/mol. The number of hydrogen-bond donors (Lipinski definition) is 2. The van der Waals surface area contributed by atoms with Crippen molar-refractivity contribution in [1.29, 1.82) is 0 Å². The van der Waals surface area contributed by atoms with E-state index in [2.05, 4.69) is 5.32 Å². The van der Waals surface area contributed by atoms with E-state index in [-0.39, 0.29) is 16.9 Å². The summed E-state index contributed by atoms with van der Waals surface area (Å²) in [5.74, 6) is -0.777. The molecule has 1 rings (SSSR count). The normalized spacial score (nSPS) is 10.2. The van der Waals surface area contributed by atoms with E-state index in [1.807, 2.05) is 5.32 Å². The third-order valence-electron chi connectivity index (χ3n) is 2.14. The van der Waals surface area contributed by atoms with E-state index in [1.54, 1.807) is 0 Å². The molecule has 0 saturated heterocycles. The van der Waals surface area contributed by atoms with Crippen molar-refractivity contribution < 1.29 is 18.5 Å². The molecule has 8 heteroatoms. The lowest BCUT2D eigenvalue weighted by Gasteiger charge is -2.06. The molecule has 2 N–H and O–H groups in total. The molecule has 0 radical (unpaired) electrons. The summed E-state index contributed by atoms with van der Waals surface area (Å²) < 4.78 is 23.8. The molecule has 0 spiro atoms. The predicted octanol–water partition coefficient (Wildman–Crippen LogP) is 1.63. The number of hydrogen-bond acceptors (Lipinski definition) is 4. The van der Waals surface area contributed by atoms with Gasteiger partial charge in [0.15, 0.2) is 0 Å². The topological polar surface area (TPSA) is 84.3 Å². The van der Waals surface area contributed by atoms with Gasteiger partial charge in [0.2, 0.25) is 0 Å². The molecule has 98 valence electrons. The van der Waals surface area contributed by atoms with Crippen LogP contribution in [0.2, 0.25) is 0 Å². The second kappa shape index (κ2) is 5.89. The van der Waals surface area contributed by atoms with Crippen LogP contribution in [0.15, 0.2) is 18.2 Å². The van der Waals surface area contributed by atoms with Crippen molar-refractivity contribution in [2.45, 2.75) is 6.43 Å². The average molecular weight is 259 g/mol. The zero-order valence-corrected chi connectivity index (χ0v) is 9.44. The Morgan fingerprint density at radius 3 is 2.67 bits per heavy atom. The van der Waals surface area contributed by atoms with Crippen LogP contribution in [0.1, 0.15) is 10.4 Å². The number of amides is 1. The van der Waals surface area contributed by atoms with Crippen molar-refractivity contribution in [3.63, 3.8) is 0 Å². The van der Waals surface area contributed by atoms with Gasteiger partial charge >= 0.3 is 0 Å². The number of alkyl halides is 2. The van der Waals surface area contributed by atoms with Gasteiger partial charge in [-0.3, -0.25) is 14.9 Å². The van der Waals surface area contributed by atoms with Crippen LogP contribution in [0.5, 0.6) is 0 Å². The molecular formula is C10H11F2N3O3. The molecule has 0 aliphatic heterocycles. The Kier molecular flexibility index (Phi) is 4.52. The average Bonchev–Trinajstić information content (AvgIpc) is 2.34. The number of halogens is 2. The Bertz CT molecular complexity index is 466. The van der Waals surface area contributed by atoms with Gasteiger partial charge in [-0.05, 0) is 12.1 Å². The highest BCUT2D eigenvalue weighted by Crippen LogP contribution is 2.24. The largest absolute Gasteiger partial charge is 0.383 e. The van der Waals surface area contributed by atoms with Crippen molar-refractivity contribution in [1.82, 2.24) is 5.32 Å².